The Hall–Kier alpha value is -2.55. The molecule has 0 N–H and O–H groups in total. The molecule has 2 aromatic carbocycles. The smallest absolute Gasteiger partial charge is 0.217 e. The SMILES string of the molecule is COc1cc(OC)c2cccc(-c3ccccc3)c2n1. The van der Waals surface area contributed by atoms with E-state index in [4.69, 9.17) is 9.47 Å². The van der Waals surface area contributed by atoms with Crippen molar-refractivity contribution in [2.75, 3.05) is 14.2 Å². The summed E-state index contributed by atoms with van der Waals surface area (Å²) in [5, 5.41) is 0.981. The van der Waals surface area contributed by atoms with Gasteiger partial charge in [-0.25, -0.2) is 4.98 Å². The average Bonchev–Trinajstić information content (AvgIpc) is 2.54. The molecule has 0 aliphatic heterocycles. The Morgan fingerprint density at radius 1 is 0.850 bits per heavy atom. The summed E-state index contributed by atoms with van der Waals surface area (Å²) in [6.07, 6.45) is 0. The zero-order valence-corrected chi connectivity index (χ0v) is 11.5. The summed E-state index contributed by atoms with van der Waals surface area (Å²) in [5.74, 6) is 1.32. The number of para-hydroxylation sites is 1. The normalized spacial score (nSPS) is 10.5. The molecular formula is C17H15NO2. The highest BCUT2D eigenvalue weighted by Crippen LogP contribution is 2.34. The molecule has 0 saturated heterocycles. The first-order chi connectivity index (χ1) is 9.83. The van der Waals surface area contributed by atoms with Crippen LogP contribution in [0, 0.1) is 0 Å². The van der Waals surface area contributed by atoms with Crippen LogP contribution in [0.3, 0.4) is 0 Å². The highest BCUT2D eigenvalue weighted by Gasteiger charge is 2.11. The van der Waals surface area contributed by atoms with E-state index in [2.05, 4.69) is 23.2 Å². The van der Waals surface area contributed by atoms with E-state index in [1.165, 1.54) is 0 Å². The lowest BCUT2D eigenvalue weighted by Gasteiger charge is -2.11. The van der Waals surface area contributed by atoms with Crippen LogP contribution in [0.15, 0.2) is 54.6 Å². The maximum Gasteiger partial charge on any atom is 0.217 e. The summed E-state index contributed by atoms with van der Waals surface area (Å²) in [5.41, 5.74) is 3.08. The van der Waals surface area contributed by atoms with Gasteiger partial charge in [-0.2, -0.15) is 0 Å². The first-order valence-corrected chi connectivity index (χ1v) is 6.40. The number of fused-ring (bicyclic) bond motifs is 1. The summed E-state index contributed by atoms with van der Waals surface area (Å²) in [4.78, 5) is 4.58. The predicted molar refractivity (Wildman–Crippen MR) is 80.3 cm³/mol. The lowest BCUT2D eigenvalue weighted by atomic mass is 10.0. The van der Waals surface area contributed by atoms with Crippen LogP contribution in [-0.2, 0) is 0 Å². The Morgan fingerprint density at radius 2 is 1.65 bits per heavy atom. The van der Waals surface area contributed by atoms with Gasteiger partial charge in [-0.05, 0) is 11.6 Å². The molecule has 0 radical (unpaired) electrons. The van der Waals surface area contributed by atoms with E-state index < -0.39 is 0 Å². The number of hydrogen-bond donors (Lipinski definition) is 0. The summed E-state index contributed by atoms with van der Waals surface area (Å²) in [7, 11) is 3.27. The quantitative estimate of drug-likeness (QED) is 0.719. The monoisotopic (exact) mass is 265 g/mol. The minimum Gasteiger partial charge on any atom is -0.496 e. The zero-order valence-electron chi connectivity index (χ0n) is 11.5. The van der Waals surface area contributed by atoms with Crippen molar-refractivity contribution in [3.8, 4) is 22.8 Å². The minimum absolute atomic E-state index is 0.553. The van der Waals surface area contributed by atoms with Crippen LogP contribution in [0.5, 0.6) is 11.6 Å². The van der Waals surface area contributed by atoms with Gasteiger partial charge in [0.2, 0.25) is 5.88 Å². The molecule has 0 aliphatic carbocycles. The summed E-state index contributed by atoms with van der Waals surface area (Å²) < 4.78 is 10.7. The van der Waals surface area contributed by atoms with Crippen molar-refractivity contribution >= 4 is 10.9 Å². The highest BCUT2D eigenvalue weighted by molar-refractivity contribution is 5.97. The number of aromatic nitrogens is 1. The molecule has 3 nitrogen and oxygen atoms in total. The lowest BCUT2D eigenvalue weighted by molar-refractivity contribution is 0.386. The molecule has 1 aromatic heterocycles. The fourth-order valence-electron chi connectivity index (χ4n) is 2.32. The average molecular weight is 265 g/mol. The van der Waals surface area contributed by atoms with Gasteiger partial charge in [0.15, 0.2) is 0 Å². The van der Waals surface area contributed by atoms with Crippen molar-refractivity contribution in [3.05, 3.63) is 54.6 Å². The third-order valence-corrected chi connectivity index (χ3v) is 3.29. The molecule has 1 heterocycles. The summed E-state index contributed by atoms with van der Waals surface area (Å²) >= 11 is 0. The van der Waals surface area contributed by atoms with E-state index in [0.717, 1.165) is 27.8 Å². The molecule has 0 bridgehead atoms. The summed E-state index contributed by atoms with van der Waals surface area (Å²) in [6, 6.07) is 18.1. The van der Waals surface area contributed by atoms with Gasteiger partial charge in [0.25, 0.3) is 0 Å². The van der Waals surface area contributed by atoms with Gasteiger partial charge in [-0.15, -0.1) is 0 Å². The summed E-state index contributed by atoms with van der Waals surface area (Å²) in [6.45, 7) is 0. The fourth-order valence-corrected chi connectivity index (χ4v) is 2.32. The molecule has 0 atom stereocenters. The Bertz CT molecular complexity index is 739. The molecule has 3 aromatic rings. The van der Waals surface area contributed by atoms with Gasteiger partial charge in [-0.3, -0.25) is 0 Å². The molecule has 3 heteroatoms. The van der Waals surface area contributed by atoms with E-state index in [0.29, 0.717) is 5.88 Å². The zero-order chi connectivity index (χ0) is 13.9. The highest BCUT2D eigenvalue weighted by atomic mass is 16.5. The van der Waals surface area contributed by atoms with Crippen molar-refractivity contribution in [1.82, 2.24) is 4.98 Å². The third kappa shape index (κ3) is 2.07. The van der Waals surface area contributed by atoms with Crippen molar-refractivity contribution in [2.24, 2.45) is 0 Å². The second-order valence-electron chi connectivity index (χ2n) is 4.43. The van der Waals surface area contributed by atoms with Crippen molar-refractivity contribution < 1.29 is 9.47 Å². The van der Waals surface area contributed by atoms with Crippen LogP contribution in [0.25, 0.3) is 22.0 Å². The largest absolute Gasteiger partial charge is 0.496 e. The van der Waals surface area contributed by atoms with Crippen LogP contribution < -0.4 is 9.47 Å². The van der Waals surface area contributed by atoms with Crippen molar-refractivity contribution in [1.29, 1.82) is 0 Å². The second kappa shape index (κ2) is 5.21. The maximum atomic E-state index is 5.44. The van der Waals surface area contributed by atoms with Gasteiger partial charge in [0, 0.05) is 17.0 Å². The molecule has 0 fully saturated rings. The minimum atomic E-state index is 0.553. The number of ether oxygens (including phenoxy) is 2. The molecule has 100 valence electrons. The molecule has 0 saturated carbocycles. The number of benzene rings is 2. The standard InChI is InChI=1S/C17H15NO2/c1-19-15-11-16(20-2)18-17-13(9-6-10-14(15)17)12-7-4-3-5-8-12/h3-11H,1-2H3. The van der Waals surface area contributed by atoms with Crippen LogP contribution >= 0.6 is 0 Å². The van der Waals surface area contributed by atoms with E-state index in [1.54, 1.807) is 20.3 Å². The van der Waals surface area contributed by atoms with Gasteiger partial charge in [0.1, 0.15) is 5.75 Å². The van der Waals surface area contributed by atoms with E-state index in [1.807, 2.05) is 30.3 Å². The van der Waals surface area contributed by atoms with Crippen molar-refractivity contribution in [3.63, 3.8) is 0 Å². The first-order valence-electron chi connectivity index (χ1n) is 6.40. The van der Waals surface area contributed by atoms with Crippen LogP contribution in [0.4, 0.5) is 0 Å². The van der Waals surface area contributed by atoms with Gasteiger partial charge in [-0.1, -0.05) is 42.5 Å². The number of pyridine rings is 1. The van der Waals surface area contributed by atoms with Gasteiger partial charge in [0.05, 0.1) is 19.7 Å². The Morgan fingerprint density at radius 3 is 2.35 bits per heavy atom. The lowest BCUT2D eigenvalue weighted by Crippen LogP contribution is -1.94. The number of nitrogens with zero attached hydrogens (tertiary/aromatic N) is 1. The molecule has 0 amide bonds. The predicted octanol–water partition coefficient (Wildman–Crippen LogP) is 3.92. The van der Waals surface area contributed by atoms with E-state index >= 15 is 0 Å². The number of hydrogen-bond acceptors (Lipinski definition) is 3. The Labute approximate surface area is 117 Å². The van der Waals surface area contributed by atoms with E-state index in [-0.39, 0.29) is 0 Å². The third-order valence-electron chi connectivity index (χ3n) is 3.29. The van der Waals surface area contributed by atoms with Crippen LogP contribution in [-0.4, -0.2) is 19.2 Å². The molecule has 0 spiro atoms. The van der Waals surface area contributed by atoms with Crippen LogP contribution in [0.2, 0.25) is 0 Å². The van der Waals surface area contributed by atoms with E-state index in [9.17, 15) is 0 Å². The molecule has 0 unspecified atom stereocenters. The first kappa shape index (κ1) is 12.5. The van der Waals surface area contributed by atoms with Crippen molar-refractivity contribution in [2.45, 2.75) is 0 Å². The fraction of sp³-hybridized carbons (Fsp3) is 0.118. The molecular weight excluding hydrogens is 250 g/mol. The molecule has 20 heavy (non-hydrogen) atoms. The molecule has 3 rings (SSSR count). The maximum absolute atomic E-state index is 5.44. The topological polar surface area (TPSA) is 31.4 Å². The Balaban J connectivity index is 2.33. The second-order valence-corrected chi connectivity index (χ2v) is 4.43. The van der Waals surface area contributed by atoms with Crippen LogP contribution in [0.1, 0.15) is 0 Å². The molecule has 0 aliphatic rings. The number of rotatable bonds is 3. The van der Waals surface area contributed by atoms with Gasteiger partial charge >= 0.3 is 0 Å². The Kier molecular flexibility index (Phi) is 3.25. The van der Waals surface area contributed by atoms with Gasteiger partial charge < -0.3 is 9.47 Å². The number of methoxy groups -OCH3 is 2.